The Morgan fingerprint density at radius 1 is 1.16 bits per heavy atom. The van der Waals surface area contributed by atoms with Crippen molar-refractivity contribution in [1.82, 2.24) is 0 Å². The molecule has 2 unspecified atom stereocenters. The highest BCUT2D eigenvalue weighted by Crippen LogP contribution is 2.60. The Balaban J connectivity index is 2.30. The summed E-state index contributed by atoms with van der Waals surface area (Å²) in [7, 11) is 3.47. The molecule has 0 aliphatic heterocycles. The van der Waals surface area contributed by atoms with Crippen LogP contribution in [0.4, 0.5) is 0 Å². The Hall–Kier alpha value is -1.22. The van der Waals surface area contributed by atoms with Crippen molar-refractivity contribution in [2.75, 3.05) is 20.8 Å². The second-order valence-electron chi connectivity index (χ2n) is 8.97. The number of benzene rings is 1. The highest BCUT2D eigenvalue weighted by atomic mass is 16.5. The zero-order valence-corrected chi connectivity index (χ0v) is 16.7. The molecule has 1 aromatic carbocycles. The number of aliphatic hydroxyl groups is 1. The van der Waals surface area contributed by atoms with Gasteiger partial charge >= 0.3 is 0 Å². The molecule has 1 aromatic rings. The maximum atomic E-state index is 10.6. The van der Waals surface area contributed by atoms with E-state index in [4.69, 9.17) is 9.47 Å². The van der Waals surface area contributed by atoms with Gasteiger partial charge in [-0.25, -0.2) is 0 Å². The lowest BCUT2D eigenvalue weighted by molar-refractivity contribution is -0.00664. The summed E-state index contributed by atoms with van der Waals surface area (Å²) in [6, 6.07) is 2.32. The Morgan fingerprint density at radius 2 is 1.84 bits per heavy atom. The minimum Gasteiger partial charge on any atom is -0.493 e. The van der Waals surface area contributed by atoms with Gasteiger partial charge in [0.05, 0.1) is 20.8 Å². The summed E-state index contributed by atoms with van der Waals surface area (Å²) in [5.41, 5.74) is 3.82. The van der Waals surface area contributed by atoms with E-state index in [-0.39, 0.29) is 17.4 Å². The third-order valence-electron chi connectivity index (χ3n) is 6.91. The molecule has 0 heterocycles. The molecule has 3 nitrogen and oxygen atoms in total. The predicted molar refractivity (Wildman–Crippen MR) is 102 cm³/mol. The molecule has 0 amide bonds. The molecule has 1 N–H and O–H groups in total. The Kier molecular flexibility index (Phi) is 4.83. The second-order valence-corrected chi connectivity index (χ2v) is 8.97. The van der Waals surface area contributed by atoms with Gasteiger partial charge in [-0.1, -0.05) is 40.2 Å². The summed E-state index contributed by atoms with van der Waals surface area (Å²) >= 11 is 0. The maximum Gasteiger partial charge on any atom is 0.165 e. The zero-order chi connectivity index (χ0) is 18.4. The van der Waals surface area contributed by atoms with Gasteiger partial charge in [-0.15, -0.1) is 0 Å². The zero-order valence-electron chi connectivity index (χ0n) is 16.7. The molecular weight excluding hydrogens is 312 g/mol. The lowest BCUT2D eigenvalue weighted by Crippen LogP contribution is -2.52. The third-order valence-corrected chi connectivity index (χ3v) is 6.91. The number of hydrogen-bond acceptors (Lipinski definition) is 3. The predicted octanol–water partition coefficient (Wildman–Crippen LogP) is 4.83. The van der Waals surface area contributed by atoms with Crippen LogP contribution in [-0.2, 0) is 11.8 Å². The molecule has 0 radical (unpaired) electrons. The molecule has 0 bridgehead atoms. The molecule has 0 saturated heterocycles. The fourth-order valence-corrected chi connectivity index (χ4v) is 5.78. The number of fused-ring (bicyclic) bond motifs is 3. The summed E-state index contributed by atoms with van der Waals surface area (Å²) in [4.78, 5) is 0. The number of rotatable bonds is 4. The number of hydrogen-bond donors (Lipinski definition) is 1. The third kappa shape index (κ3) is 2.66. The number of methoxy groups -OCH3 is 2. The van der Waals surface area contributed by atoms with Crippen LogP contribution in [0.25, 0.3) is 0 Å². The summed E-state index contributed by atoms with van der Waals surface area (Å²) in [5.74, 6) is 2.57. The summed E-state index contributed by atoms with van der Waals surface area (Å²) < 4.78 is 11.7. The fourth-order valence-electron chi connectivity index (χ4n) is 5.78. The summed E-state index contributed by atoms with van der Waals surface area (Å²) in [6.07, 6.45) is 5.63. The van der Waals surface area contributed by atoms with E-state index >= 15 is 0 Å². The SMILES string of the molecule is COc1c(C(C)C)cc2c(c1OC)C1(CO)CCCC(C)(C)C1CC2. The van der Waals surface area contributed by atoms with Crippen molar-refractivity contribution in [3.05, 3.63) is 22.8 Å². The second kappa shape index (κ2) is 6.50. The standard InChI is InChI=1S/C22H34O3/c1-14(2)16-12-15-8-9-17-21(3,4)10-7-11-22(17,13-23)18(15)20(25-6)19(16)24-5/h12,14,17,23H,7-11,13H2,1-6H3. The van der Waals surface area contributed by atoms with Crippen molar-refractivity contribution in [3.8, 4) is 11.5 Å². The van der Waals surface area contributed by atoms with E-state index in [1.807, 2.05) is 0 Å². The molecule has 2 aliphatic rings. The molecule has 1 fully saturated rings. The fraction of sp³-hybridized carbons (Fsp3) is 0.727. The minimum atomic E-state index is -0.205. The average Bonchev–Trinajstić information content (AvgIpc) is 2.58. The Bertz CT molecular complexity index is 647. The van der Waals surface area contributed by atoms with Gasteiger partial charge in [0.2, 0.25) is 0 Å². The van der Waals surface area contributed by atoms with Crippen LogP contribution < -0.4 is 9.47 Å². The lowest BCUT2D eigenvalue weighted by Gasteiger charge is -2.55. The average molecular weight is 347 g/mol. The summed E-state index contributed by atoms with van der Waals surface area (Å²) in [5, 5.41) is 10.6. The molecule has 140 valence electrons. The summed E-state index contributed by atoms with van der Waals surface area (Å²) in [6.45, 7) is 9.33. The van der Waals surface area contributed by atoms with Crippen LogP contribution >= 0.6 is 0 Å². The van der Waals surface area contributed by atoms with E-state index < -0.39 is 0 Å². The highest BCUT2D eigenvalue weighted by molar-refractivity contribution is 5.61. The number of ether oxygens (including phenoxy) is 2. The van der Waals surface area contributed by atoms with Gasteiger partial charge < -0.3 is 14.6 Å². The Labute approximate surface area is 152 Å². The van der Waals surface area contributed by atoms with Crippen LogP contribution in [0.3, 0.4) is 0 Å². The molecule has 0 spiro atoms. The van der Waals surface area contributed by atoms with Gasteiger partial charge in [-0.2, -0.15) is 0 Å². The largest absolute Gasteiger partial charge is 0.493 e. The van der Waals surface area contributed by atoms with E-state index in [9.17, 15) is 5.11 Å². The van der Waals surface area contributed by atoms with Crippen LogP contribution in [0.15, 0.2) is 6.07 Å². The van der Waals surface area contributed by atoms with Crippen LogP contribution in [-0.4, -0.2) is 25.9 Å². The van der Waals surface area contributed by atoms with E-state index in [0.29, 0.717) is 11.8 Å². The molecule has 2 atom stereocenters. The van der Waals surface area contributed by atoms with Crippen molar-refractivity contribution in [1.29, 1.82) is 0 Å². The topological polar surface area (TPSA) is 38.7 Å². The van der Waals surface area contributed by atoms with E-state index in [0.717, 1.165) is 37.2 Å². The maximum absolute atomic E-state index is 10.6. The van der Waals surface area contributed by atoms with Gasteiger partial charge in [0.1, 0.15) is 0 Å². The van der Waals surface area contributed by atoms with Crippen molar-refractivity contribution in [2.24, 2.45) is 11.3 Å². The smallest absolute Gasteiger partial charge is 0.165 e. The van der Waals surface area contributed by atoms with E-state index in [1.54, 1.807) is 14.2 Å². The Morgan fingerprint density at radius 3 is 2.40 bits per heavy atom. The van der Waals surface area contributed by atoms with Gasteiger partial charge in [-0.05, 0) is 48.5 Å². The van der Waals surface area contributed by atoms with Crippen molar-refractivity contribution in [3.63, 3.8) is 0 Å². The van der Waals surface area contributed by atoms with E-state index in [1.165, 1.54) is 23.1 Å². The van der Waals surface area contributed by atoms with Crippen LogP contribution in [0, 0.1) is 11.3 Å². The number of aryl methyl sites for hydroxylation is 1. The molecule has 1 saturated carbocycles. The van der Waals surface area contributed by atoms with Crippen LogP contribution in [0.2, 0.25) is 0 Å². The molecule has 3 rings (SSSR count). The minimum absolute atomic E-state index is 0.189. The normalized spacial score (nSPS) is 27.6. The number of aliphatic hydroxyl groups excluding tert-OH is 1. The first-order valence-electron chi connectivity index (χ1n) is 9.71. The molecule has 0 aromatic heterocycles. The molecular formula is C22H34O3. The quantitative estimate of drug-likeness (QED) is 0.848. The van der Waals surface area contributed by atoms with Crippen LogP contribution in [0.1, 0.15) is 76.0 Å². The molecule has 2 aliphatic carbocycles. The van der Waals surface area contributed by atoms with Crippen molar-refractivity contribution >= 4 is 0 Å². The molecule has 3 heteroatoms. The van der Waals surface area contributed by atoms with Crippen molar-refractivity contribution in [2.45, 2.75) is 71.1 Å². The first-order chi connectivity index (χ1) is 11.8. The first-order valence-corrected chi connectivity index (χ1v) is 9.71. The lowest BCUT2D eigenvalue weighted by atomic mass is 9.49. The highest BCUT2D eigenvalue weighted by Gasteiger charge is 2.54. The van der Waals surface area contributed by atoms with Gasteiger partial charge in [-0.3, -0.25) is 0 Å². The van der Waals surface area contributed by atoms with E-state index in [2.05, 4.69) is 33.8 Å². The van der Waals surface area contributed by atoms with Crippen molar-refractivity contribution < 1.29 is 14.6 Å². The monoisotopic (exact) mass is 346 g/mol. The van der Waals surface area contributed by atoms with Gasteiger partial charge in [0.15, 0.2) is 11.5 Å². The van der Waals surface area contributed by atoms with Gasteiger partial charge in [0.25, 0.3) is 0 Å². The van der Waals surface area contributed by atoms with Gasteiger partial charge in [0, 0.05) is 16.5 Å². The van der Waals surface area contributed by atoms with Crippen LogP contribution in [0.5, 0.6) is 11.5 Å². The first kappa shape index (κ1) is 18.6. The molecule has 25 heavy (non-hydrogen) atoms.